The summed E-state index contributed by atoms with van der Waals surface area (Å²) in [5, 5.41) is 0. The molecule has 3 nitrogen and oxygen atoms in total. The van der Waals surface area contributed by atoms with Gasteiger partial charge in [0.15, 0.2) is 0 Å². The third-order valence-electron chi connectivity index (χ3n) is 3.61. The summed E-state index contributed by atoms with van der Waals surface area (Å²) in [6, 6.07) is 10.8. The second-order valence-electron chi connectivity index (χ2n) is 5.38. The molecule has 0 unspecified atom stereocenters. The third-order valence-corrected chi connectivity index (χ3v) is 4.20. The van der Waals surface area contributed by atoms with Crippen LogP contribution in [0.5, 0.6) is 0 Å². The number of pyridine rings is 1. The van der Waals surface area contributed by atoms with Crippen molar-refractivity contribution in [2.45, 2.75) is 32.4 Å². The standard InChI is InChI=1S/C16H18BrN3/c1-11-8-14(17)16(19-9-11)20(13-6-7-13)10-12-4-2-3-5-15(12)18/h2-5,8-9,13H,6-7,10,18H2,1H3. The smallest absolute Gasteiger partial charge is 0.143 e. The Labute approximate surface area is 127 Å². The Balaban J connectivity index is 1.92. The molecule has 2 aromatic rings. The Kier molecular flexibility index (Phi) is 3.66. The zero-order valence-corrected chi connectivity index (χ0v) is 13.1. The molecule has 0 radical (unpaired) electrons. The van der Waals surface area contributed by atoms with Gasteiger partial charge < -0.3 is 10.6 Å². The van der Waals surface area contributed by atoms with E-state index >= 15 is 0 Å². The zero-order valence-electron chi connectivity index (χ0n) is 11.5. The molecule has 0 spiro atoms. The number of hydrogen-bond donors (Lipinski definition) is 1. The van der Waals surface area contributed by atoms with E-state index in [0.717, 1.165) is 33.6 Å². The van der Waals surface area contributed by atoms with E-state index in [9.17, 15) is 0 Å². The summed E-state index contributed by atoms with van der Waals surface area (Å²) in [6.45, 7) is 2.87. The quantitative estimate of drug-likeness (QED) is 0.864. The number of para-hydroxylation sites is 1. The molecule has 1 aromatic carbocycles. The van der Waals surface area contributed by atoms with E-state index in [1.807, 2.05) is 24.4 Å². The number of nitrogen functional groups attached to an aromatic ring is 1. The molecule has 0 aliphatic heterocycles. The molecular formula is C16H18BrN3. The molecule has 1 saturated carbocycles. The van der Waals surface area contributed by atoms with Crippen LogP contribution in [-0.2, 0) is 6.54 Å². The maximum absolute atomic E-state index is 6.07. The predicted octanol–water partition coefficient (Wildman–Crippen LogP) is 3.90. The summed E-state index contributed by atoms with van der Waals surface area (Å²) in [4.78, 5) is 6.96. The van der Waals surface area contributed by atoms with Gasteiger partial charge in [-0.05, 0) is 59.0 Å². The highest BCUT2D eigenvalue weighted by molar-refractivity contribution is 9.10. The number of nitrogens with zero attached hydrogens (tertiary/aromatic N) is 2. The average Bonchev–Trinajstić information content (AvgIpc) is 3.23. The molecule has 1 fully saturated rings. The Morgan fingerprint density at radius 3 is 2.75 bits per heavy atom. The van der Waals surface area contributed by atoms with E-state index in [0.29, 0.717) is 6.04 Å². The number of nitrogens with two attached hydrogens (primary N) is 1. The number of benzene rings is 1. The molecule has 1 aliphatic rings. The summed E-state index contributed by atoms with van der Waals surface area (Å²) in [5.41, 5.74) is 9.24. The van der Waals surface area contributed by atoms with Crippen LogP contribution in [0.3, 0.4) is 0 Å². The minimum Gasteiger partial charge on any atom is -0.398 e. The van der Waals surface area contributed by atoms with Crippen LogP contribution in [-0.4, -0.2) is 11.0 Å². The van der Waals surface area contributed by atoms with Gasteiger partial charge in [0.2, 0.25) is 0 Å². The summed E-state index contributed by atoms with van der Waals surface area (Å²) in [6.07, 6.45) is 4.38. The normalized spacial score (nSPS) is 14.3. The van der Waals surface area contributed by atoms with Crippen molar-refractivity contribution in [1.29, 1.82) is 0 Å². The van der Waals surface area contributed by atoms with Crippen molar-refractivity contribution in [3.63, 3.8) is 0 Å². The van der Waals surface area contributed by atoms with Crippen molar-refractivity contribution in [1.82, 2.24) is 4.98 Å². The molecule has 0 bridgehead atoms. The first-order valence-corrected chi connectivity index (χ1v) is 7.66. The van der Waals surface area contributed by atoms with Crippen molar-refractivity contribution in [2.24, 2.45) is 0 Å². The van der Waals surface area contributed by atoms with Crippen LogP contribution in [0.1, 0.15) is 24.0 Å². The summed E-state index contributed by atoms with van der Waals surface area (Å²) in [7, 11) is 0. The maximum atomic E-state index is 6.07. The number of rotatable bonds is 4. The van der Waals surface area contributed by atoms with Crippen LogP contribution in [0.4, 0.5) is 11.5 Å². The van der Waals surface area contributed by atoms with Gasteiger partial charge in [0, 0.05) is 24.5 Å². The Morgan fingerprint density at radius 2 is 2.10 bits per heavy atom. The summed E-state index contributed by atoms with van der Waals surface area (Å²) < 4.78 is 1.05. The van der Waals surface area contributed by atoms with E-state index in [4.69, 9.17) is 5.73 Å². The molecule has 0 atom stereocenters. The Bertz CT molecular complexity index is 623. The predicted molar refractivity (Wildman–Crippen MR) is 86.7 cm³/mol. The van der Waals surface area contributed by atoms with Gasteiger partial charge in [-0.25, -0.2) is 4.98 Å². The Hall–Kier alpha value is -1.55. The molecule has 20 heavy (non-hydrogen) atoms. The first kappa shape index (κ1) is 13.4. The molecule has 1 aromatic heterocycles. The van der Waals surface area contributed by atoms with Crippen LogP contribution >= 0.6 is 15.9 Å². The highest BCUT2D eigenvalue weighted by Gasteiger charge is 2.31. The second kappa shape index (κ2) is 5.44. The molecule has 0 amide bonds. The van der Waals surface area contributed by atoms with E-state index < -0.39 is 0 Å². The monoisotopic (exact) mass is 331 g/mol. The van der Waals surface area contributed by atoms with Crippen LogP contribution in [0.25, 0.3) is 0 Å². The van der Waals surface area contributed by atoms with Crippen molar-refractivity contribution >= 4 is 27.4 Å². The fourth-order valence-electron chi connectivity index (χ4n) is 2.36. The van der Waals surface area contributed by atoms with Gasteiger partial charge >= 0.3 is 0 Å². The van der Waals surface area contributed by atoms with Crippen molar-refractivity contribution in [3.05, 3.63) is 52.1 Å². The Morgan fingerprint density at radius 1 is 1.35 bits per heavy atom. The minimum atomic E-state index is 0.584. The summed E-state index contributed by atoms with van der Waals surface area (Å²) >= 11 is 3.64. The van der Waals surface area contributed by atoms with Gasteiger partial charge in [0.1, 0.15) is 5.82 Å². The number of halogens is 1. The topological polar surface area (TPSA) is 42.2 Å². The molecule has 3 rings (SSSR count). The van der Waals surface area contributed by atoms with Crippen molar-refractivity contribution < 1.29 is 0 Å². The van der Waals surface area contributed by atoms with Gasteiger partial charge in [-0.2, -0.15) is 0 Å². The highest BCUT2D eigenvalue weighted by atomic mass is 79.9. The molecule has 1 heterocycles. The largest absolute Gasteiger partial charge is 0.398 e. The average molecular weight is 332 g/mol. The first-order chi connectivity index (χ1) is 9.65. The minimum absolute atomic E-state index is 0.584. The van der Waals surface area contributed by atoms with Gasteiger partial charge in [0.25, 0.3) is 0 Å². The fourth-order valence-corrected chi connectivity index (χ4v) is 3.05. The second-order valence-corrected chi connectivity index (χ2v) is 6.23. The molecule has 2 N–H and O–H groups in total. The lowest BCUT2D eigenvalue weighted by Gasteiger charge is -2.25. The first-order valence-electron chi connectivity index (χ1n) is 6.87. The lowest BCUT2D eigenvalue weighted by Crippen LogP contribution is -2.26. The lowest BCUT2D eigenvalue weighted by atomic mass is 10.1. The van der Waals surface area contributed by atoms with Crippen LogP contribution in [0, 0.1) is 6.92 Å². The van der Waals surface area contributed by atoms with Crippen molar-refractivity contribution in [2.75, 3.05) is 10.6 Å². The number of hydrogen-bond acceptors (Lipinski definition) is 3. The molecular weight excluding hydrogens is 314 g/mol. The van der Waals surface area contributed by atoms with E-state index in [1.54, 1.807) is 0 Å². The zero-order chi connectivity index (χ0) is 14.1. The van der Waals surface area contributed by atoms with Crippen LogP contribution < -0.4 is 10.6 Å². The fraction of sp³-hybridized carbons (Fsp3) is 0.312. The van der Waals surface area contributed by atoms with Gasteiger partial charge in [-0.1, -0.05) is 18.2 Å². The SMILES string of the molecule is Cc1cnc(N(Cc2ccccc2N)C2CC2)c(Br)c1. The molecule has 0 saturated heterocycles. The molecule has 4 heteroatoms. The van der Waals surface area contributed by atoms with Crippen LogP contribution in [0.15, 0.2) is 41.0 Å². The lowest BCUT2D eigenvalue weighted by molar-refractivity contribution is 0.776. The van der Waals surface area contributed by atoms with Crippen LogP contribution in [0.2, 0.25) is 0 Å². The van der Waals surface area contributed by atoms with E-state index in [2.05, 4.69) is 44.9 Å². The number of aryl methyl sites for hydroxylation is 1. The van der Waals surface area contributed by atoms with Gasteiger partial charge in [-0.3, -0.25) is 0 Å². The van der Waals surface area contributed by atoms with Gasteiger partial charge in [-0.15, -0.1) is 0 Å². The summed E-state index contributed by atoms with van der Waals surface area (Å²) in [5.74, 6) is 1.02. The van der Waals surface area contributed by atoms with Crippen molar-refractivity contribution in [3.8, 4) is 0 Å². The number of anilines is 2. The highest BCUT2D eigenvalue weighted by Crippen LogP contribution is 2.36. The molecule has 104 valence electrons. The molecule has 1 aliphatic carbocycles. The number of aromatic nitrogens is 1. The maximum Gasteiger partial charge on any atom is 0.143 e. The van der Waals surface area contributed by atoms with E-state index in [-0.39, 0.29) is 0 Å². The third kappa shape index (κ3) is 2.80. The van der Waals surface area contributed by atoms with E-state index in [1.165, 1.54) is 12.8 Å². The van der Waals surface area contributed by atoms with Gasteiger partial charge in [0.05, 0.1) is 4.47 Å².